The van der Waals surface area contributed by atoms with Gasteiger partial charge in [-0.1, -0.05) is 6.07 Å². The monoisotopic (exact) mass is 198 g/mol. The number of hydrogen-bond acceptors (Lipinski definition) is 3. The van der Waals surface area contributed by atoms with Crippen molar-refractivity contribution in [1.29, 1.82) is 0 Å². The van der Waals surface area contributed by atoms with Crippen LogP contribution in [0, 0.1) is 5.82 Å². The Morgan fingerprint density at radius 1 is 1.50 bits per heavy atom. The minimum absolute atomic E-state index is 0.183. The van der Waals surface area contributed by atoms with E-state index in [1.54, 1.807) is 6.07 Å². The second-order valence-corrected chi connectivity index (χ2v) is 2.83. The maximum absolute atomic E-state index is 12.7. The first-order chi connectivity index (χ1) is 6.77. The van der Waals surface area contributed by atoms with E-state index in [0.717, 1.165) is 5.56 Å². The van der Waals surface area contributed by atoms with Crippen LogP contribution in [0.2, 0.25) is 0 Å². The second-order valence-electron chi connectivity index (χ2n) is 2.83. The first-order valence-corrected chi connectivity index (χ1v) is 4.22. The normalized spacial score (nSPS) is 10.2. The molecular formula is C9H12BFO3. The van der Waals surface area contributed by atoms with E-state index in [4.69, 9.17) is 14.5 Å². The molecule has 0 saturated carbocycles. The first-order valence-electron chi connectivity index (χ1n) is 4.22. The van der Waals surface area contributed by atoms with Crippen LogP contribution < -0.4 is 5.46 Å². The minimum Gasteiger partial charge on any atom is -0.449 e. The van der Waals surface area contributed by atoms with Crippen molar-refractivity contribution in [2.24, 2.45) is 0 Å². The number of benzene rings is 1. The summed E-state index contributed by atoms with van der Waals surface area (Å²) in [4.78, 5) is 0. The van der Waals surface area contributed by atoms with Crippen LogP contribution in [0.15, 0.2) is 18.2 Å². The Morgan fingerprint density at radius 2 is 2.29 bits per heavy atom. The maximum atomic E-state index is 12.7. The van der Waals surface area contributed by atoms with E-state index >= 15 is 0 Å². The van der Waals surface area contributed by atoms with Crippen LogP contribution in [0.25, 0.3) is 0 Å². The summed E-state index contributed by atoms with van der Waals surface area (Å²) in [6, 6.07) is 4.23. The molecule has 76 valence electrons. The van der Waals surface area contributed by atoms with Crippen LogP contribution in [0.1, 0.15) is 5.56 Å². The third kappa shape index (κ3) is 3.10. The van der Waals surface area contributed by atoms with Gasteiger partial charge in [-0.15, -0.1) is 0 Å². The van der Waals surface area contributed by atoms with Crippen LogP contribution in [0.3, 0.4) is 0 Å². The fourth-order valence-electron chi connectivity index (χ4n) is 1.12. The molecule has 0 fully saturated rings. The number of hydrogen-bond donors (Lipinski definition) is 1. The Kier molecular flexibility index (Phi) is 4.59. The topological polar surface area (TPSA) is 38.7 Å². The average molecular weight is 198 g/mol. The third-order valence-electron chi connectivity index (χ3n) is 1.80. The summed E-state index contributed by atoms with van der Waals surface area (Å²) in [5.41, 5.74) is 1.31. The van der Waals surface area contributed by atoms with Crippen molar-refractivity contribution in [2.75, 3.05) is 13.9 Å². The molecule has 0 aliphatic rings. The van der Waals surface area contributed by atoms with E-state index in [9.17, 15) is 4.39 Å². The Hall–Kier alpha value is -0.905. The molecule has 0 saturated heterocycles. The van der Waals surface area contributed by atoms with Crippen molar-refractivity contribution in [3.05, 3.63) is 29.6 Å². The van der Waals surface area contributed by atoms with E-state index in [0.29, 0.717) is 12.1 Å². The Morgan fingerprint density at radius 3 is 2.93 bits per heavy atom. The van der Waals surface area contributed by atoms with Crippen LogP contribution in [0.4, 0.5) is 4.39 Å². The van der Waals surface area contributed by atoms with E-state index in [1.165, 1.54) is 19.2 Å². The molecule has 0 unspecified atom stereocenters. The fraction of sp³-hybridized carbons (Fsp3) is 0.333. The van der Waals surface area contributed by atoms with Crippen molar-refractivity contribution in [1.82, 2.24) is 0 Å². The van der Waals surface area contributed by atoms with Gasteiger partial charge in [0.05, 0.1) is 6.61 Å². The molecule has 0 radical (unpaired) electrons. The van der Waals surface area contributed by atoms with Gasteiger partial charge in [0.25, 0.3) is 0 Å². The Balaban J connectivity index is 2.65. The lowest BCUT2D eigenvalue weighted by molar-refractivity contribution is -0.0388. The zero-order valence-corrected chi connectivity index (χ0v) is 8.00. The van der Waals surface area contributed by atoms with Crippen molar-refractivity contribution in [2.45, 2.75) is 6.61 Å². The van der Waals surface area contributed by atoms with Gasteiger partial charge in [0, 0.05) is 7.11 Å². The highest BCUT2D eigenvalue weighted by Gasteiger charge is 2.04. The standard InChI is InChI=1S/C9H12BFO3/c1-13-6-14-5-7-2-3-8(11)4-9(7)10-12/h2-4,10,12H,5-6H2,1H3. The van der Waals surface area contributed by atoms with Gasteiger partial charge in [-0.3, -0.25) is 0 Å². The predicted molar refractivity (Wildman–Crippen MR) is 52.1 cm³/mol. The van der Waals surface area contributed by atoms with Gasteiger partial charge in [0.2, 0.25) is 0 Å². The van der Waals surface area contributed by atoms with Crippen molar-refractivity contribution >= 4 is 12.9 Å². The lowest BCUT2D eigenvalue weighted by Gasteiger charge is -2.07. The smallest absolute Gasteiger partial charge is 0.305 e. The molecular weight excluding hydrogens is 186 g/mol. The molecule has 0 bridgehead atoms. The molecule has 0 spiro atoms. The molecule has 1 aromatic rings. The molecule has 3 nitrogen and oxygen atoms in total. The van der Waals surface area contributed by atoms with Crippen molar-refractivity contribution in [3.63, 3.8) is 0 Å². The zero-order valence-electron chi connectivity index (χ0n) is 8.00. The van der Waals surface area contributed by atoms with E-state index < -0.39 is 0 Å². The number of rotatable bonds is 5. The van der Waals surface area contributed by atoms with Gasteiger partial charge in [-0.25, -0.2) is 4.39 Å². The van der Waals surface area contributed by atoms with Gasteiger partial charge < -0.3 is 14.5 Å². The quantitative estimate of drug-likeness (QED) is 0.408. The largest absolute Gasteiger partial charge is 0.449 e. The van der Waals surface area contributed by atoms with Gasteiger partial charge in [-0.2, -0.15) is 0 Å². The third-order valence-corrected chi connectivity index (χ3v) is 1.80. The summed E-state index contributed by atoms with van der Waals surface area (Å²) >= 11 is 0. The zero-order chi connectivity index (χ0) is 10.4. The van der Waals surface area contributed by atoms with Gasteiger partial charge in [0.1, 0.15) is 12.6 Å². The maximum Gasteiger partial charge on any atom is 0.305 e. The highest BCUT2D eigenvalue weighted by Crippen LogP contribution is 2.01. The number of halogens is 1. The molecule has 1 aromatic carbocycles. The van der Waals surface area contributed by atoms with E-state index in [1.807, 2.05) is 0 Å². The van der Waals surface area contributed by atoms with Crippen LogP contribution in [0.5, 0.6) is 0 Å². The molecule has 0 aliphatic carbocycles. The molecule has 0 amide bonds. The molecule has 1 N–H and O–H groups in total. The van der Waals surface area contributed by atoms with Crippen LogP contribution >= 0.6 is 0 Å². The van der Waals surface area contributed by atoms with Gasteiger partial charge >= 0.3 is 7.48 Å². The Bertz CT molecular complexity index is 293. The lowest BCUT2D eigenvalue weighted by atomic mass is 9.84. The molecule has 5 heteroatoms. The molecule has 0 aliphatic heterocycles. The van der Waals surface area contributed by atoms with Crippen molar-refractivity contribution in [3.8, 4) is 0 Å². The summed E-state index contributed by atoms with van der Waals surface area (Å²) in [6.07, 6.45) is 0. The minimum atomic E-state index is -0.357. The number of methoxy groups -OCH3 is 1. The van der Waals surface area contributed by atoms with Gasteiger partial charge in [-0.05, 0) is 23.2 Å². The highest BCUT2D eigenvalue weighted by molar-refractivity contribution is 6.46. The predicted octanol–water partition coefficient (Wildman–Crippen LogP) is -0.0847. The molecule has 0 atom stereocenters. The summed E-state index contributed by atoms with van der Waals surface area (Å²) < 4.78 is 22.5. The molecule has 0 aromatic heterocycles. The SMILES string of the molecule is COCOCc1ccc(F)cc1BO. The number of ether oxygens (including phenoxy) is 2. The summed E-state index contributed by atoms with van der Waals surface area (Å²) in [5, 5.41) is 8.95. The van der Waals surface area contributed by atoms with E-state index in [2.05, 4.69) is 0 Å². The van der Waals surface area contributed by atoms with Crippen molar-refractivity contribution < 1.29 is 18.9 Å². The molecule has 1 rings (SSSR count). The first kappa shape index (κ1) is 11.2. The molecule has 0 heterocycles. The summed E-state index contributed by atoms with van der Waals surface area (Å²) in [5.74, 6) is -0.357. The summed E-state index contributed by atoms with van der Waals surface area (Å²) in [7, 11) is 1.33. The second kappa shape index (κ2) is 5.75. The lowest BCUT2D eigenvalue weighted by Crippen LogP contribution is -2.20. The fourth-order valence-corrected chi connectivity index (χ4v) is 1.12. The van der Waals surface area contributed by atoms with Gasteiger partial charge in [0.15, 0.2) is 0 Å². The highest BCUT2D eigenvalue weighted by atomic mass is 19.1. The average Bonchev–Trinajstić information content (AvgIpc) is 2.20. The Labute approximate surface area is 82.7 Å². The molecule has 14 heavy (non-hydrogen) atoms. The van der Waals surface area contributed by atoms with Crippen LogP contribution in [-0.2, 0) is 16.1 Å². The van der Waals surface area contributed by atoms with E-state index in [-0.39, 0.29) is 20.1 Å². The van der Waals surface area contributed by atoms with Crippen LogP contribution in [-0.4, -0.2) is 26.4 Å². The summed E-state index contributed by atoms with van der Waals surface area (Å²) in [6.45, 7) is 0.492.